The number of pyridine rings is 1. The van der Waals surface area contributed by atoms with Gasteiger partial charge in [-0.3, -0.25) is 14.5 Å². The lowest BCUT2D eigenvalue weighted by Crippen LogP contribution is -2.42. The fourth-order valence-corrected chi connectivity index (χ4v) is 5.21. The van der Waals surface area contributed by atoms with Gasteiger partial charge in [0.2, 0.25) is 0 Å². The Balaban J connectivity index is 1.73. The highest BCUT2D eigenvalue weighted by atomic mass is 16.5. The van der Waals surface area contributed by atoms with Crippen molar-refractivity contribution < 1.29 is 19.1 Å². The van der Waals surface area contributed by atoms with E-state index in [4.69, 9.17) is 14.5 Å². The summed E-state index contributed by atoms with van der Waals surface area (Å²) in [6.07, 6.45) is 4.67. The first-order chi connectivity index (χ1) is 16.4. The van der Waals surface area contributed by atoms with Crippen LogP contribution in [0.5, 0.6) is 0 Å². The monoisotopic (exact) mass is 454 g/mol. The van der Waals surface area contributed by atoms with Gasteiger partial charge in [-0.1, -0.05) is 48.6 Å². The predicted molar refractivity (Wildman–Crippen MR) is 131 cm³/mol. The number of ether oxygens (including phenoxy) is 2. The number of aromatic nitrogens is 1. The lowest BCUT2D eigenvalue weighted by atomic mass is 9.84. The molecule has 0 saturated heterocycles. The minimum atomic E-state index is -1.39. The second kappa shape index (κ2) is 8.13. The maximum absolute atomic E-state index is 12.8. The molecule has 0 spiro atoms. The number of hydrogen-bond acceptors (Lipinski definition) is 6. The molecule has 0 radical (unpaired) electrons. The van der Waals surface area contributed by atoms with Crippen LogP contribution in [0.4, 0.5) is 17.2 Å². The Morgan fingerprint density at radius 1 is 0.824 bits per heavy atom. The molecule has 2 heterocycles. The van der Waals surface area contributed by atoms with Gasteiger partial charge in [0.1, 0.15) is 5.82 Å². The van der Waals surface area contributed by atoms with Gasteiger partial charge in [-0.2, -0.15) is 0 Å². The van der Waals surface area contributed by atoms with E-state index in [-0.39, 0.29) is 12.8 Å². The lowest BCUT2D eigenvalue weighted by molar-refractivity contribution is -0.168. The number of fused-ring (bicyclic) bond motifs is 3. The van der Waals surface area contributed by atoms with Crippen molar-refractivity contribution in [2.24, 2.45) is 5.41 Å². The van der Waals surface area contributed by atoms with E-state index in [9.17, 15) is 9.59 Å². The summed E-state index contributed by atoms with van der Waals surface area (Å²) in [6, 6.07) is 16.4. The van der Waals surface area contributed by atoms with Crippen LogP contribution in [0, 0.1) is 19.3 Å². The molecular weight excluding hydrogens is 428 g/mol. The molecule has 6 nitrogen and oxygen atoms in total. The number of rotatable bonds is 3. The molecule has 0 bridgehead atoms. The molecule has 0 saturated carbocycles. The molecule has 1 aromatic heterocycles. The third-order valence-corrected chi connectivity index (χ3v) is 6.98. The van der Waals surface area contributed by atoms with E-state index in [1.54, 1.807) is 0 Å². The summed E-state index contributed by atoms with van der Waals surface area (Å²) in [5.41, 5.74) is 6.38. The SMILES string of the molecule is COC(=O)C1(C(=O)OC)Cc2c(C)nc(N3c4ccccc4C=Cc4ccccc43)c(C)c2C1. The molecule has 0 amide bonds. The first-order valence-corrected chi connectivity index (χ1v) is 11.2. The van der Waals surface area contributed by atoms with Crippen LogP contribution in [0.15, 0.2) is 48.5 Å². The zero-order valence-electron chi connectivity index (χ0n) is 19.7. The average Bonchev–Trinajstić information content (AvgIpc) is 3.21. The number of para-hydroxylation sites is 2. The summed E-state index contributed by atoms with van der Waals surface area (Å²) < 4.78 is 10.1. The first kappa shape index (κ1) is 21.9. The van der Waals surface area contributed by atoms with Crippen molar-refractivity contribution in [2.75, 3.05) is 19.1 Å². The van der Waals surface area contributed by atoms with Crippen LogP contribution in [-0.2, 0) is 31.9 Å². The Bertz CT molecular complexity index is 1290. The number of carbonyl (C=O) groups excluding carboxylic acids is 2. The van der Waals surface area contributed by atoms with Gasteiger partial charge in [-0.25, -0.2) is 4.98 Å². The molecule has 5 rings (SSSR count). The zero-order valence-corrected chi connectivity index (χ0v) is 19.7. The van der Waals surface area contributed by atoms with Crippen molar-refractivity contribution in [1.29, 1.82) is 0 Å². The quantitative estimate of drug-likeness (QED) is 0.318. The number of methoxy groups -OCH3 is 2. The highest BCUT2D eigenvalue weighted by molar-refractivity contribution is 6.02. The summed E-state index contributed by atoms with van der Waals surface area (Å²) in [7, 11) is 2.61. The molecule has 0 atom stereocenters. The molecule has 2 aromatic carbocycles. The summed E-state index contributed by atoms with van der Waals surface area (Å²) in [4.78, 5) is 32.9. The van der Waals surface area contributed by atoms with Gasteiger partial charge in [0.25, 0.3) is 0 Å². The van der Waals surface area contributed by atoms with Gasteiger partial charge >= 0.3 is 11.9 Å². The lowest BCUT2D eigenvalue weighted by Gasteiger charge is -2.29. The van der Waals surface area contributed by atoms with E-state index in [1.807, 2.05) is 38.1 Å². The Kier molecular flexibility index (Phi) is 5.24. The Hall–Kier alpha value is -3.93. The normalized spacial score (nSPS) is 15.1. The molecular formula is C28H26N2O4. The highest BCUT2D eigenvalue weighted by Gasteiger charge is 2.54. The van der Waals surface area contributed by atoms with E-state index in [0.29, 0.717) is 0 Å². The molecule has 0 fully saturated rings. The highest BCUT2D eigenvalue weighted by Crippen LogP contribution is 2.47. The van der Waals surface area contributed by atoms with Crippen LogP contribution in [0.3, 0.4) is 0 Å². The molecule has 34 heavy (non-hydrogen) atoms. The average molecular weight is 455 g/mol. The third kappa shape index (κ3) is 3.13. The fraction of sp³-hybridized carbons (Fsp3) is 0.250. The number of aryl methyl sites for hydroxylation is 1. The van der Waals surface area contributed by atoms with Crippen molar-refractivity contribution in [1.82, 2.24) is 4.98 Å². The van der Waals surface area contributed by atoms with E-state index in [1.165, 1.54) is 14.2 Å². The number of nitrogens with zero attached hydrogens (tertiary/aromatic N) is 2. The molecule has 1 aliphatic heterocycles. The predicted octanol–water partition coefficient (Wildman–Crippen LogP) is 5.08. The van der Waals surface area contributed by atoms with Crippen LogP contribution >= 0.6 is 0 Å². The van der Waals surface area contributed by atoms with Crippen molar-refractivity contribution in [3.63, 3.8) is 0 Å². The number of benzene rings is 2. The Morgan fingerprint density at radius 2 is 1.32 bits per heavy atom. The number of hydrogen-bond donors (Lipinski definition) is 0. The van der Waals surface area contributed by atoms with Gasteiger partial charge < -0.3 is 9.47 Å². The maximum Gasteiger partial charge on any atom is 0.323 e. The third-order valence-electron chi connectivity index (χ3n) is 6.98. The summed E-state index contributed by atoms with van der Waals surface area (Å²) >= 11 is 0. The van der Waals surface area contributed by atoms with E-state index < -0.39 is 17.4 Å². The van der Waals surface area contributed by atoms with Crippen LogP contribution < -0.4 is 4.90 Å². The number of carbonyl (C=O) groups is 2. The molecule has 2 aliphatic rings. The minimum absolute atomic E-state index is 0.219. The Morgan fingerprint density at radius 3 is 1.85 bits per heavy atom. The van der Waals surface area contributed by atoms with Crippen molar-refractivity contribution in [3.05, 3.63) is 82.0 Å². The van der Waals surface area contributed by atoms with Crippen molar-refractivity contribution in [3.8, 4) is 0 Å². The largest absolute Gasteiger partial charge is 0.468 e. The van der Waals surface area contributed by atoms with E-state index >= 15 is 0 Å². The summed E-state index contributed by atoms with van der Waals surface area (Å²) in [6.45, 7) is 3.94. The zero-order chi connectivity index (χ0) is 24.0. The fourth-order valence-electron chi connectivity index (χ4n) is 5.21. The topological polar surface area (TPSA) is 68.7 Å². The molecule has 0 unspecified atom stereocenters. The van der Waals surface area contributed by atoms with E-state index in [2.05, 4.69) is 41.3 Å². The molecule has 1 aliphatic carbocycles. The second-order valence-corrected chi connectivity index (χ2v) is 8.81. The van der Waals surface area contributed by atoms with Crippen LogP contribution in [0.1, 0.15) is 33.5 Å². The number of esters is 2. The van der Waals surface area contributed by atoms with Crippen molar-refractivity contribution >= 4 is 41.3 Å². The molecule has 172 valence electrons. The van der Waals surface area contributed by atoms with E-state index in [0.717, 1.165) is 50.7 Å². The van der Waals surface area contributed by atoms with Gasteiger partial charge in [0.15, 0.2) is 5.41 Å². The smallest absolute Gasteiger partial charge is 0.323 e. The minimum Gasteiger partial charge on any atom is -0.468 e. The summed E-state index contributed by atoms with van der Waals surface area (Å²) in [5.74, 6) is -0.374. The number of anilines is 3. The molecule has 3 aromatic rings. The standard InChI is InChI=1S/C28H26N2O4/c1-17-21-15-28(26(31)33-3,27(32)34-4)16-22(21)18(2)29-25(17)30-23-11-7-5-9-19(23)13-14-20-10-6-8-12-24(20)30/h5-14H,15-16H2,1-4H3. The van der Waals surface area contributed by atoms with Gasteiger partial charge in [-0.05, 0) is 53.8 Å². The van der Waals surface area contributed by atoms with Crippen LogP contribution in [0.25, 0.3) is 12.2 Å². The van der Waals surface area contributed by atoms with Crippen LogP contribution in [-0.4, -0.2) is 31.1 Å². The van der Waals surface area contributed by atoms with Gasteiger partial charge in [0.05, 0.1) is 25.6 Å². The second-order valence-electron chi connectivity index (χ2n) is 8.81. The molecule has 6 heteroatoms. The van der Waals surface area contributed by atoms with Gasteiger partial charge in [-0.15, -0.1) is 0 Å². The summed E-state index contributed by atoms with van der Waals surface area (Å²) in [5, 5.41) is 0. The molecule has 0 N–H and O–H groups in total. The van der Waals surface area contributed by atoms with Crippen molar-refractivity contribution in [2.45, 2.75) is 26.7 Å². The van der Waals surface area contributed by atoms with Crippen LogP contribution in [0.2, 0.25) is 0 Å². The first-order valence-electron chi connectivity index (χ1n) is 11.2. The van der Waals surface area contributed by atoms with Gasteiger partial charge in [0, 0.05) is 18.5 Å². The Labute approximate surface area is 198 Å². The maximum atomic E-state index is 12.8.